The molecular formula is C15H22FN3O. The second kappa shape index (κ2) is 7.33. The number of nitrogens with one attached hydrogen (secondary N) is 1. The molecule has 0 bridgehead atoms. The molecule has 1 aromatic heterocycles. The van der Waals surface area contributed by atoms with Gasteiger partial charge in [0, 0.05) is 25.3 Å². The van der Waals surface area contributed by atoms with Crippen molar-refractivity contribution in [1.82, 2.24) is 15.2 Å². The van der Waals surface area contributed by atoms with Crippen LogP contribution in [0.5, 0.6) is 0 Å². The summed E-state index contributed by atoms with van der Waals surface area (Å²) in [5.74, 6) is -0.593. The third kappa shape index (κ3) is 4.00. The van der Waals surface area contributed by atoms with E-state index in [0.29, 0.717) is 24.7 Å². The highest BCUT2D eigenvalue weighted by atomic mass is 19.1. The molecule has 1 atom stereocenters. The van der Waals surface area contributed by atoms with E-state index in [1.54, 1.807) is 0 Å². The fourth-order valence-corrected chi connectivity index (χ4v) is 2.51. The first-order valence-electron chi connectivity index (χ1n) is 7.34. The Bertz CT molecular complexity index is 446. The van der Waals surface area contributed by atoms with Crippen LogP contribution in [0.2, 0.25) is 0 Å². The van der Waals surface area contributed by atoms with Crippen LogP contribution in [0.25, 0.3) is 0 Å². The SMILES string of the molecule is CCCCN(CC1CCCN1)C(=O)c1cncc(F)c1. The summed E-state index contributed by atoms with van der Waals surface area (Å²) in [5.41, 5.74) is 0.333. The van der Waals surface area contributed by atoms with Gasteiger partial charge in [0.15, 0.2) is 0 Å². The van der Waals surface area contributed by atoms with Crippen molar-refractivity contribution in [3.63, 3.8) is 0 Å². The first-order valence-corrected chi connectivity index (χ1v) is 7.34. The number of amides is 1. The Morgan fingerprint density at radius 3 is 3.05 bits per heavy atom. The van der Waals surface area contributed by atoms with Gasteiger partial charge in [-0.2, -0.15) is 0 Å². The first-order chi connectivity index (χ1) is 9.70. The van der Waals surface area contributed by atoms with E-state index in [4.69, 9.17) is 0 Å². The Labute approximate surface area is 119 Å². The van der Waals surface area contributed by atoms with Gasteiger partial charge in [-0.05, 0) is 31.9 Å². The van der Waals surface area contributed by atoms with E-state index in [-0.39, 0.29) is 5.91 Å². The van der Waals surface area contributed by atoms with E-state index < -0.39 is 5.82 Å². The Kier molecular flexibility index (Phi) is 5.47. The predicted octanol–water partition coefficient (Wildman–Crippen LogP) is 2.21. The molecule has 1 N–H and O–H groups in total. The fourth-order valence-electron chi connectivity index (χ4n) is 2.51. The molecule has 1 fully saturated rings. The smallest absolute Gasteiger partial charge is 0.255 e. The number of hydrogen-bond donors (Lipinski definition) is 1. The largest absolute Gasteiger partial charge is 0.337 e. The molecule has 0 aliphatic carbocycles. The van der Waals surface area contributed by atoms with Crippen LogP contribution in [0.3, 0.4) is 0 Å². The minimum absolute atomic E-state index is 0.126. The van der Waals surface area contributed by atoms with Crippen molar-refractivity contribution < 1.29 is 9.18 Å². The van der Waals surface area contributed by atoms with Crippen LogP contribution >= 0.6 is 0 Å². The van der Waals surface area contributed by atoms with E-state index >= 15 is 0 Å². The molecule has 4 nitrogen and oxygen atoms in total. The molecule has 20 heavy (non-hydrogen) atoms. The van der Waals surface area contributed by atoms with Gasteiger partial charge in [0.1, 0.15) is 5.82 Å². The minimum atomic E-state index is -0.467. The quantitative estimate of drug-likeness (QED) is 0.868. The molecule has 1 aliphatic heterocycles. The summed E-state index contributed by atoms with van der Waals surface area (Å²) < 4.78 is 13.2. The maximum atomic E-state index is 13.2. The highest BCUT2D eigenvalue weighted by Crippen LogP contribution is 2.12. The van der Waals surface area contributed by atoms with Crippen LogP contribution in [-0.4, -0.2) is 41.5 Å². The van der Waals surface area contributed by atoms with Gasteiger partial charge in [-0.3, -0.25) is 9.78 Å². The molecule has 0 saturated carbocycles. The summed E-state index contributed by atoms with van der Waals surface area (Å²) in [5, 5.41) is 3.40. The normalized spacial score (nSPS) is 18.2. The third-order valence-corrected chi connectivity index (χ3v) is 3.62. The van der Waals surface area contributed by atoms with Gasteiger partial charge in [0.2, 0.25) is 0 Å². The average Bonchev–Trinajstić information content (AvgIpc) is 2.95. The van der Waals surface area contributed by atoms with Gasteiger partial charge in [-0.15, -0.1) is 0 Å². The van der Waals surface area contributed by atoms with Crippen LogP contribution in [0, 0.1) is 5.82 Å². The highest BCUT2D eigenvalue weighted by molar-refractivity contribution is 5.93. The number of carbonyl (C=O) groups is 1. The topological polar surface area (TPSA) is 45.2 Å². The number of carbonyl (C=O) groups excluding carboxylic acids is 1. The first kappa shape index (κ1) is 14.9. The zero-order chi connectivity index (χ0) is 14.4. The third-order valence-electron chi connectivity index (χ3n) is 3.62. The number of halogens is 1. The molecule has 5 heteroatoms. The monoisotopic (exact) mass is 279 g/mol. The summed E-state index contributed by atoms with van der Waals surface area (Å²) in [6, 6.07) is 1.62. The zero-order valence-electron chi connectivity index (χ0n) is 11.9. The molecule has 2 heterocycles. The molecule has 1 aromatic rings. The standard InChI is InChI=1S/C15H22FN3O/c1-2-3-7-19(11-14-5-4-6-18-14)15(20)12-8-13(16)10-17-9-12/h8-10,14,18H,2-7,11H2,1H3. The van der Waals surface area contributed by atoms with Crippen molar-refractivity contribution in [2.75, 3.05) is 19.6 Å². The Morgan fingerprint density at radius 2 is 2.40 bits per heavy atom. The van der Waals surface area contributed by atoms with Crippen molar-refractivity contribution in [3.8, 4) is 0 Å². The van der Waals surface area contributed by atoms with Crippen LogP contribution in [0.4, 0.5) is 4.39 Å². The summed E-state index contributed by atoms with van der Waals surface area (Å²) in [6.07, 6.45) is 6.79. The molecule has 2 rings (SSSR count). The van der Waals surface area contributed by atoms with Crippen LogP contribution in [0.1, 0.15) is 43.0 Å². The van der Waals surface area contributed by atoms with Gasteiger partial charge in [0.25, 0.3) is 5.91 Å². The molecule has 0 spiro atoms. The zero-order valence-corrected chi connectivity index (χ0v) is 11.9. The number of nitrogens with zero attached hydrogens (tertiary/aromatic N) is 2. The molecule has 110 valence electrons. The highest BCUT2D eigenvalue weighted by Gasteiger charge is 2.22. The lowest BCUT2D eigenvalue weighted by Crippen LogP contribution is -2.41. The van der Waals surface area contributed by atoms with Crippen molar-refractivity contribution in [2.45, 2.75) is 38.6 Å². The van der Waals surface area contributed by atoms with Gasteiger partial charge < -0.3 is 10.2 Å². The second-order valence-electron chi connectivity index (χ2n) is 5.29. The summed E-state index contributed by atoms with van der Waals surface area (Å²) in [4.78, 5) is 18.1. The molecular weight excluding hydrogens is 257 g/mol. The van der Waals surface area contributed by atoms with E-state index in [9.17, 15) is 9.18 Å². The summed E-state index contributed by atoms with van der Waals surface area (Å²) in [6.45, 7) is 4.52. The number of aromatic nitrogens is 1. The van der Waals surface area contributed by atoms with E-state index in [2.05, 4.69) is 17.2 Å². The predicted molar refractivity (Wildman–Crippen MR) is 76.0 cm³/mol. The molecule has 0 aromatic carbocycles. The number of rotatable bonds is 6. The number of pyridine rings is 1. The molecule has 1 saturated heterocycles. The lowest BCUT2D eigenvalue weighted by atomic mass is 10.1. The lowest BCUT2D eigenvalue weighted by Gasteiger charge is -2.26. The van der Waals surface area contributed by atoms with E-state index in [0.717, 1.165) is 38.4 Å². The van der Waals surface area contributed by atoms with Crippen LogP contribution in [-0.2, 0) is 0 Å². The van der Waals surface area contributed by atoms with Crippen LogP contribution < -0.4 is 5.32 Å². The molecule has 0 radical (unpaired) electrons. The van der Waals surface area contributed by atoms with Crippen molar-refractivity contribution in [2.24, 2.45) is 0 Å². The Balaban J connectivity index is 2.05. The van der Waals surface area contributed by atoms with Crippen molar-refractivity contribution in [1.29, 1.82) is 0 Å². The van der Waals surface area contributed by atoms with Crippen LogP contribution in [0.15, 0.2) is 18.5 Å². The molecule has 1 amide bonds. The van der Waals surface area contributed by atoms with Gasteiger partial charge in [-0.1, -0.05) is 13.3 Å². The van der Waals surface area contributed by atoms with Gasteiger partial charge >= 0.3 is 0 Å². The van der Waals surface area contributed by atoms with E-state index in [1.807, 2.05) is 4.90 Å². The maximum absolute atomic E-state index is 13.2. The van der Waals surface area contributed by atoms with Gasteiger partial charge in [-0.25, -0.2) is 4.39 Å². The molecule has 1 unspecified atom stereocenters. The minimum Gasteiger partial charge on any atom is -0.337 e. The lowest BCUT2D eigenvalue weighted by molar-refractivity contribution is 0.0738. The summed E-state index contributed by atoms with van der Waals surface area (Å²) in [7, 11) is 0. The molecule has 1 aliphatic rings. The fraction of sp³-hybridized carbons (Fsp3) is 0.600. The number of hydrogen-bond acceptors (Lipinski definition) is 3. The average molecular weight is 279 g/mol. The van der Waals surface area contributed by atoms with E-state index in [1.165, 1.54) is 12.3 Å². The van der Waals surface area contributed by atoms with Crippen molar-refractivity contribution in [3.05, 3.63) is 29.8 Å². The number of unbranched alkanes of at least 4 members (excludes halogenated alkanes) is 1. The maximum Gasteiger partial charge on any atom is 0.255 e. The second-order valence-corrected chi connectivity index (χ2v) is 5.29. The van der Waals surface area contributed by atoms with Crippen molar-refractivity contribution >= 4 is 5.91 Å². The summed E-state index contributed by atoms with van der Waals surface area (Å²) >= 11 is 0. The Hall–Kier alpha value is -1.49. The Morgan fingerprint density at radius 1 is 1.55 bits per heavy atom. The van der Waals surface area contributed by atoms with Gasteiger partial charge in [0.05, 0.1) is 11.8 Å².